The van der Waals surface area contributed by atoms with Crippen LogP contribution < -0.4 is 5.32 Å². The van der Waals surface area contributed by atoms with Gasteiger partial charge in [0.1, 0.15) is 5.01 Å². The second-order valence-electron chi connectivity index (χ2n) is 6.38. The summed E-state index contributed by atoms with van der Waals surface area (Å²) < 4.78 is 5.56. The monoisotopic (exact) mass is 378 g/mol. The van der Waals surface area contributed by atoms with E-state index in [0.717, 1.165) is 23.4 Å². The van der Waals surface area contributed by atoms with Crippen molar-refractivity contribution in [1.29, 1.82) is 0 Å². The Balaban J connectivity index is 1.53. The lowest BCUT2D eigenvalue weighted by Gasteiger charge is -2.17. The molecule has 0 spiro atoms. The molecule has 6 heteroatoms. The summed E-state index contributed by atoms with van der Waals surface area (Å²) >= 11 is 1.37. The van der Waals surface area contributed by atoms with Gasteiger partial charge in [0.2, 0.25) is 6.10 Å². The Labute approximate surface area is 161 Å². The molecule has 5 nitrogen and oxygen atoms in total. The van der Waals surface area contributed by atoms with Gasteiger partial charge in [0.25, 0.3) is 5.91 Å². The maximum atomic E-state index is 12.6. The Morgan fingerprint density at radius 2 is 1.70 bits per heavy atom. The van der Waals surface area contributed by atoms with Crippen molar-refractivity contribution < 1.29 is 14.3 Å². The topological polar surface area (TPSA) is 68.3 Å². The van der Waals surface area contributed by atoms with Crippen molar-refractivity contribution in [3.8, 4) is 10.6 Å². The van der Waals surface area contributed by atoms with Crippen LogP contribution in [0.25, 0.3) is 10.6 Å². The molecule has 0 radical (unpaired) electrons. The van der Waals surface area contributed by atoms with Gasteiger partial charge in [-0.2, -0.15) is 0 Å². The summed E-state index contributed by atoms with van der Waals surface area (Å²) in [6, 6.07) is 18.9. The zero-order valence-corrected chi connectivity index (χ0v) is 15.3. The Morgan fingerprint density at radius 1 is 1.04 bits per heavy atom. The van der Waals surface area contributed by atoms with E-state index >= 15 is 0 Å². The minimum atomic E-state index is -0.985. The second-order valence-corrected chi connectivity index (χ2v) is 7.24. The molecule has 1 saturated carbocycles. The summed E-state index contributed by atoms with van der Waals surface area (Å²) in [4.78, 5) is 29.6. The van der Waals surface area contributed by atoms with E-state index in [2.05, 4.69) is 10.3 Å². The third-order valence-corrected chi connectivity index (χ3v) is 5.11. The van der Waals surface area contributed by atoms with Gasteiger partial charge in [-0.25, -0.2) is 9.78 Å². The summed E-state index contributed by atoms with van der Waals surface area (Å²) in [6.45, 7) is 0. The van der Waals surface area contributed by atoms with E-state index in [1.165, 1.54) is 11.3 Å². The maximum absolute atomic E-state index is 12.6. The largest absolute Gasteiger partial charge is 0.443 e. The molecule has 27 heavy (non-hydrogen) atoms. The van der Waals surface area contributed by atoms with Crippen molar-refractivity contribution in [2.45, 2.75) is 25.0 Å². The molecular formula is C21H18N2O3S. The number of carbonyl (C=O) groups is 2. The van der Waals surface area contributed by atoms with E-state index in [9.17, 15) is 9.59 Å². The van der Waals surface area contributed by atoms with E-state index in [4.69, 9.17) is 4.74 Å². The number of rotatable bonds is 6. The Kier molecular flexibility index (Phi) is 4.98. The predicted molar refractivity (Wildman–Crippen MR) is 103 cm³/mol. The van der Waals surface area contributed by atoms with Crippen LogP contribution in [-0.2, 0) is 9.53 Å². The molecule has 0 unspecified atom stereocenters. The summed E-state index contributed by atoms with van der Waals surface area (Å²) in [5.41, 5.74) is 1.79. The van der Waals surface area contributed by atoms with Gasteiger partial charge in [0.05, 0.1) is 0 Å². The molecule has 1 fully saturated rings. The average Bonchev–Trinajstić information content (AvgIpc) is 3.38. The first-order valence-electron chi connectivity index (χ1n) is 8.78. The molecule has 0 aliphatic heterocycles. The number of aromatic nitrogens is 1. The van der Waals surface area contributed by atoms with Gasteiger partial charge >= 0.3 is 5.97 Å². The SMILES string of the molecule is O=C(O[C@@H](C(=O)NC1CC1)c1ccccc1)c1csc(-c2ccccc2)n1. The highest BCUT2D eigenvalue weighted by atomic mass is 32.1. The molecule has 1 heterocycles. The number of thiazole rings is 1. The molecule has 1 aliphatic carbocycles. The van der Waals surface area contributed by atoms with Crippen LogP contribution in [0.15, 0.2) is 66.0 Å². The summed E-state index contributed by atoms with van der Waals surface area (Å²) in [7, 11) is 0. The third kappa shape index (κ3) is 4.23. The van der Waals surface area contributed by atoms with Crippen molar-refractivity contribution in [3.05, 3.63) is 77.3 Å². The van der Waals surface area contributed by atoms with Gasteiger partial charge in [0, 0.05) is 22.5 Å². The molecule has 0 saturated heterocycles. The summed E-state index contributed by atoms with van der Waals surface area (Å²) in [5, 5.41) is 5.30. The van der Waals surface area contributed by atoms with Gasteiger partial charge in [-0.1, -0.05) is 60.7 Å². The predicted octanol–water partition coefficient (Wildman–Crippen LogP) is 3.99. The van der Waals surface area contributed by atoms with E-state index < -0.39 is 12.1 Å². The lowest BCUT2D eigenvalue weighted by Crippen LogP contribution is -2.33. The molecule has 2 aromatic carbocycles. The standard InChI is InChI=1S/C21H18N2O3S/c24-19(22-16-11-12-16)18(14-7-3-1-4-8-14)26-21(25)17-13-27-20(23-17)15-9-5-2-6-10-15/h1-10,13,16,18H,11-12H2,(H,22,24)/t18-/m1/s1. The zero-order chi connectivity index (χ0) is 18.6. The van der Waals surface area contributed by atoms with Gasteiger partial charge < -0.3 is 10.1 Å². The van der Waals surface area contributed by atoms with Gasteiger partial charge in [-0.15, -0.1) is 11.3 Å². The Bertz CT molecular complexity index is 936. The summed E-state index contributed by atoms with van der Waals surface area (Å²) in [5.74, 6) is -0.899. The number of hydrogen-bond donors (Lipinski definition) is 1. The fraction of sp³-hybridized carbons (Fsp3) is 0.190. The van der Waals surface area contributed by atoms with E-state index in [0.29, 0.717) is 5.56 Å². The molecular weight excluding hydrogens is 360 g/mol. The van der Waals surface area contributed by atoms with Crippen LogP contribution in [0.4, 0.5) is 0 Å². The first kappa shape index (κ1) is 17.4. The normalized spacial score (nSPS) is 14.4. The van der Waals surface area contributed by atoms with Crippen molar-refractivity contribution >= 4 is 23.2 Å². The number of esters is 1. The van der Waals surface area contributed by atoms with Crippen molar-refractivity contribution in [2.75, 3.05) is 0 Å². The average molecular weight is 378 g/mol. The first-order valence-corrected chi connectivity index (χ1v) is 9.66. The zero-order valence-electron chi connectivity index (χ0n) is 14.5. The number of benzene rings is 2. The molecule has 0 bridgehead atoms. The first-order chi connectivity index (χ1) is 13.2. The number of hydrogen-bond acceptors (Lipinski definition) is 5. The highest BCUT2D eigenvalue weighted by Gasteiger charge is 2.31. The van der Waals surface area contributed by atoms with Crippen molar-refractivity contribution in [2.24, 2.45) is 0 Å². The van der Waals surface area contributed by atoms with Crippen LogP contribution in [0, 0.1) is 0 Å². The molecule has 1 amide bonds. The number of carbonyl (C=O) groups excluding carboxylic acids is 2. The van der Waals surface area contributed by atoms with Crippen LogP contribution in [0.1, 0.15) is 35.0 Å². The molecule has 1 N–H and O–H groups in total. The van der Waals surface area contributed by atoms with E-state index in [1.807, 2.05) is 48.5 Å². The maximum Gasteiger partial charge on any atom is 0.358 e. The third-order valence-electron chi connectivity index (χ3n) is 4.22. The number of nitrogens with one attached hydrogen (secondary N) is 1. The Morgan fingerprint density at radius 3 is 2.37 bits per heavy atom. The van der Waals surface area contributed by atoms with Gasteiger partial charge in [0.15, 0.2) is 5.69 Å². The number of amides is 1. The Hall–Kier alpha value is -2.99. The lowest BCUT2D eigenvalue weighted by atomic mass is 10.1. The van der Waals surface area contributed by atoms with Crippen LogP contribution in [0.3, 0.4) is 0 Å². The fourth-order valence-electron chi connectivity index (χ4n) is 2.65. The van der Waals surface area contributed by atoms with Gasteiger partial charge in [-0.05, 0) is 12.8 Å². The second kappa shape index (κ2) is 7.72. The molecule has 1 aromatic heterocycles. The van der Waals surface area contributed by atoms with Crippen molar-refractivity contribution in [3.63, 3.8) is 0 Å². The van der Waals surface area contributed by atoms with Crippen LogP contribution in [-0.4, -0.2) is 22.9 Å². The van der Waals surface area contributed by atoms with E-state index in [1.54, 1.807) is 17.5 Å². The highest BCUT2D eigenvalue weighted by molar-refractivity contribution is 7.13. The molecule has 1 atom stereocenters. The van der Waals surface area contributed by atoms with Gasteiger partial charge in [-0.3, -0.25) is 4.79 Å². The summed E-state index contributed by atoms with van der Waals surface area (Å²) in [6.07, 6.45) is 0.947. The quantitative estimate of drug-likeness (QED) is 0.659. The smallest absolute Gasteiger partial charge is 0.358 e. The molecule has 1 aliphatic rings. The highest BCUT2D eigenvalue weighted by Crippen LogP contribution is 2.26. The lowest BCUT2D eigenvalue weighted by molar-refractivity contribution is -0.130. The van der Waals surface area contributed by atoms with Crippen LogP contribution in [0.2, 0.25) is 0 Å². The number of ether oxygens (including phenoxy) is 1. The van der Waals surface area contributed by atoms with Crippen molar-refractivity contribution in [1.82, 2.24) is 10.3 Å². The fourth-order valence-corrected chi connectivity index (χ4v) is 3.45. The minimum absolute atomic E-state index is 0.186. The molecule has 136 valence electrons. The number of nitrogens with zero attached hydrogens (tertiary/aromatic N) is 1. The molecule has 4 rings (SSSR count). The minimum Gasteiger partial charge on any atom is -0.443 e. The van der Waals surface area contributed by atoms with Crippen LogP contribution in [0.5, 0.6) is 0 Å². The molecule has 3 aromatic rings. The van der Waals surface area contributed by atoms with Crippen LogP contribution >= 0.6 is 11.3 Å². The van der Waals surface area contributed by atoms with E-state index in [-0.39, 0.29) is 17.6 Å².